The molecule has 1 amide bonds. The number of pyridine rings is 1. The second-order valence-electron chi connectivity index (χ2n) is 7.92. The summed E-state index contributed by atoms with van der Waals surface area (Å²) in [5.41, 5.74) is -1.04. The van der Waals surface area contributed by atoms with E-state index in [1.807, 2.05) is 0 Å². The fraction of sp³-hybridized carbons (Fsp3) is 0.240. The lowest BCUT2D eigenvalue weighted by Gasteiger charge is -2.15. The van der Waals surface area contributed by atoms with Gasteiger partial charge >= 0.3 is 12.1 Å². The first-order valence-electron chi connectivity index (χ1n) is 10.5. The summed E-state index contributed by atoms with van der Waals surface area (Å²) in [5.74, 6) is -2.57. The van der Waals surface area contributed by atoms with Crippen molar-refractivity contribution in [1.82, 2.24) is 10.3 Å². The first kappa shape index (κ1) is 25.8. The molecule has 0 radical (unpaired) electrons. The van der Waals surface area contributed by atoms with Crippen molar-refractivity contribution in [2.24, 2.45) is 0 Å². The van der Waals surface area contributed by atoms with E-state index >= 15 is 0 Å². The summed E-state index contributed by atoms with van der Waals surface area (Å²) in [4.78, 5) is 27.6. The molecule has 0 saturated carbocycles. The number of halogens is 5. The van der Waals surface area contributed by atoms with Crippen LogP contribution in [0.5, 0.6) is 0 Å². The Balaban J connectivity index is 1.73. The number of hydrogen-bond donors (Lipinski definition) is 2. The molecule has 3 aromatic rings. The van der Waals surface area contributed by atoms with E-state index in [0.717, 1.165) is 12.1 Å². The highest BCUT2D eigenvalue weighted by atomic mass is 19.4. The summed E-state index contributed by atoms with van der Waals surface area (Å²) in [7, 11) is 0. The number of benzene rings is 2. The third-order valence-corrected chi connectivity index (χ3v) is 5.24. The fourth-order valence-electron chi connectivity index (χ4n) is 3.55. The standard InChI is InChI=1S/C25H21F5N2O3/c1-14-9-18(12-22(32-14)23(33)31-13-15-3-2-4-19(26)10-15)21(27)8-7-16-5-6-17(24(34)35)11-20(16)25(28,29)30/h2-6,9-12,21H,7-8,13H2,1H3,(H,31,33)(H,34,35). The molecule has 3 rings (SSSR count). The normalized spacial score (nSPS) is 12.3. The molecule has 1 atom stereocenters. The number of carboxylic acid groups (broad SMARTS) is 1. The number of hydrogen-bond acceptors (Lipinski definition) is 3. The summed E-state index contributed by atoms with van der Waals surface area (Å²) in [5, 5.41) is 11.5. The lowest BCUT2D eigenvalue weighted by atomic mass is 9.96. The van der Waals surface area contributed by atoms with Gasteiger partial charge in [0.05, 0.1) is 11.1 Å². The predicted octanol–water partition coefficient (Wildman–Crippen LogP) is 5.82. The Morgan fingerprint density at radius 1 is 1.09 bits per heavy atom. The molecule has 5 nitrogen and oxygen atoms in total. The summed E-state index contributed by atoms with van der Waals surface area (Å²) >= 11 is 0. The van der Waals surface area contributed by atoms with Crippen LogP contribution in [0.15, 0.2) is 54.6 Å². The largest absolute Gasteiger partial charge is 0.478 e. The van der Waals surface area contributed by atoms with Crippen LogP contribution in [0.1, 0.15) is 61.4 Å². The minimum absolute atomic E-state index is 0.0210. The number of carbonyl (C=O) groups is 2. The van der Waals surface area contributed by atoms with Crippen molar-refractivity contribution < 1.29 is 36.6 Å². The van der Waals surface area contributed by atoms with Gasteiger partial charge in [-0.2, -0.15) is 13.2 Å². The van der Waals surface area contributed by atoms with Crippen molar-refractivity contribution >= 4 is 11.9 Å². The molecular formula is C25H21F5N2O3. The molecule has 1 aromatic heterocycles. The van der Waals surface area contributed by atoms with Crippen molar-refractivity contribution in [3.63, 3.8) is 0 Å². The summed E-state index contributed by atoms with van der Waals surface area (Å²) < 4.78 is 68.5. The minimum Gasteiger partial charge on any atom is -0.478 e. The van der Waals surface area contributed by atoms with Crippen LogP contribution in [0, 0.1) is 12.7 Å². The maximum absolute atomic E-state index is 15.0. The topological polar surface area (TPSA) is 79.3 Å². The quantitative estimate of drug-likeness (QED) is 0.389. The Bertz CT molecular complexity index is 1240. The van der Waals surface area contributed by atoms with Gasteiger partial charge in [-0.3, -0.25) is 4.79 Å². The van der Waals surface area contributed by atoms with Gasteiger partial charge in [-0.25, -0.2) is 18.6 Å². The first-order valence-corrected chi connectivity index (χ1v) is 10.5. The number of carbonyl (C=O) groups excluding carboxylic acids is 1. The molecule has 0 fully saturated rings. The maximum Gasteiger partial charge on any atom is 0.416 e. The molecule has 1 heterocycles. The second kappa shape index (κ2) is 10.6. The summed E-state index contributed by atoms with van der Waals surface area (Å²) in [6.07, 6.45) is -7.14. The first-order chi connectivity index (χ1) is 16.4. The third-order valence-electron chi connectivity index (χ3n) is 5.24. The van der Waals surface area contributed by atoms with Gasteiger partial charge in [0.2, 0.25) is 0 Å². The zero-order chi connectivity index (χ0) is 25.8. The number of nitrogens with one attached hydrogen (secondary N) is 1. The zero-order valence-electron chi connectivity index (χ0n) is 18.5. The van der Waals surface area contributed by atoms with E-state index < -0.39 is 41.2 Å². The van der Waals surface area contributed by atoms with Gasteiger partial charge < -0.3 is 10.4 Å². The summed E-state index contributed by atoms with van der Waals surface area (Å²) in [6, 6.07) is 10.8. The Kier molecular flexibility index (Phi) is 7.83. The van der Waals surface area contributed by atoms with Crippen LogP contribution < -0.4 is 5.32 Å². The van der Waals surface area contributed by atoms with E-state index in [4.69, 9.17) is 5.11 Å². The van der Waals surface area contributed by atoms with E-state index in [9.17, 15) is 31.5 Å². The van der Waals surface area contributed by atoms with Crippen molar-refractivity contribution in [1.29, 1.82) is 0 Å². The SMILES string of the molecule is Cc1cc(C(F)CCc2ccc(C(=O)O)cc2C(F)(F)F)cc(C(=O)NCc2cccc(F)c2)n1. The fourth-order valence-corrected chi connectivity index (χ4v) is 3.55. The highest BCUT2D eigenvalue weighted by molar-refractivity contribution is 5.92. The van der Waals surface area contributed by atoms with Gasteiger partial charge in [-0.1, -0.05) is 18.2 Å². The number of aromatic carboxylic acids is 1. The Labute approximate surface area is 197 Å². The molecule has 0 aliphatic rings. The molecule has 0 saturated heterocycles. The lowest BCUT2D eigenvalue weighted by molar-refractivity contribution is -0.138. The van der Waals surface area contributed by atoms with Crippen LogP contribution in [0.3, 0.4) is 0 Å². The molecule has 0 aliphatic heterocycles. The van der Waals surface area contributed by atoms with E-state index in [1.165, 1.54) is 30.3 Å². The lowest BCUT2D eigenvalue weighted by Crippen LogP contribution is -2.24. The number of alkyl halides is 4. The average molecular weight is 492 g/mol. The highest BCUT2D eigenvalue weighted by Gasteiger charge is 2.34. The zero-order valence-corrected chi connectivity index (χ0v) is 18.5. The Morgan fingerprint density at radius 3 is 2.49 bits per heavy atom. The van der Waals surface area contributed by atoms with Crippen molar-refractivity contribution in [3.05, 3.63) is 99.6 Å². The van der Waals surface area contributed by atoms with Gasteiger partial charge in [0.1, 0.15) is 17.7 Å². The van der Waals surface area contributed by atoms with Gasteiger partial charge in [0.15, 0.2) is 0 Å². The van der Waals surface area contributed by atoms with Gasteiger partial charge in [0, 0.05) is 12.2 Å². The van der Waals surface area contributed by atoms with Crippen molar-refractivity contribution in [3.8, 4) is 0 Å². The number of aromatic nitrogens is 1. The second-order valence-corrected chi connectivity index (χ2v) is 7.92. The van der Waals surface area contributed by atoms with E-state index in [1.54, 1.807) is 13.0 Å². The molecule has 2 aromatic carbocycles. The predicted molar refractivity (Wildman–Crippen MR) is 117 cm³/mol. The number of carboxylic acids is 1. The number of aryl methyl sites for hydroxylation is 2. The van der Waals surface area contributed by atoms with Crippen LogP contribution in [-0.2, 0) is 19.1 Å². The molecular weight excluding hydrogens is 471 g/mol. The average Bonchev–Trinajstić information content (AvgIpc) is 2.79. The number of nitrogens with zero attached hydrogens (tertiary/aromatic N) is 1. The van der Waals surface area contributed by atoms with Gasteiger partial charge in [0.25, 0.3) is 5.91 Å². The van der Waals surface area contributed by atoms with E-state index in [2.05, 4.69) is 10.3 Å². The van der Waals surface area contributed by atoms with Gasteiger partial charge in [-0.05, 0) is 72.9 Å². The van der Waals surface area contributed by atoms with Crippen molar-refractivity contribution in [2.45, 2.75) is 38.7 Å². The van der Waals surface area contributed by atoms with E-state index in [-0.39, 0.29) is 36.2 Å². The molecule has 2 N–H and O–H groups in total. The molecule has 1 unspecified atom stereocenters. The monoisotopic (exact) mass is 492 g/mol. The smallest absolute Gasteiger partial charge is 0.416 e. The van der Waals surface area contributed by atoms with Crippen LogP contribution in [0.4, 0.5) is 22.0 Å². The van der Waals surface area contributed by atoms with Crippen LogP contribution in [0.25, 0.3) is 0 Å². The number of amides is 1. The summed E-state index contributed by atoms with van der Waals surface area (Å²) in [6.45, 7) is 1.57. The van der Waals surface area contributed by atoms with Crippen LogP contribution in [-0.4, -0.2) is 22.0 Å². The number of rotatable bonds is 8. The minimum atomic E-state index is -4.80. The molecule has 35 heavy (non-hydrogen) atoms. The highest BCUT2D eigenvalue weighted by Crippen LogP contribution is 2.34. The maximum atomic E-state index is 15.0. The molecule has 0 spiro atoms. The molecule has 10 heteroatoms. The van der Waals surface area contributed by atoms with E-state index in [0.29, 0.717) is 17.3 Å². The van der Waals surface area contributed by atoms with Crippen LogP contribution in [0.2, 0.25) is 0 Å². The molecule has 0 aliphatic carbocycles. The Morgan fingerprint density at radius 2 is 1.83 bits per heavy atom. The van der Waals surface area contributed by atoms with Gasteiger partial charge in [-0.15, -0.1) is 0 Å². The van der Waals surface area contributed by atoms with Crippen molar-refractivity contribution in [2.75, 3.05) is 0 Å². The molecule has 0 bridgehead atoms. The molecule has 184 valence electrons. The van der Waals surface area contributed by atoms with Crippen LogP contribution >= 0.6 is 0 Å². The third kappa shape index (κ3) is 6.84. The Hall–Kier alpha value is -3.82.